The van der Waals surface area contributed by atoms with Crippen molar-refractivity contribution in [3.63, 3.8) is 0 Å². The molecule has 0 aliphatic rings. The molecule has 0 amide bonds. The first-order valence-corrected chi connectivity index (χ1v) is 6.76. The quantitative estimate of drug-likeness (QED) is 0.824. The molecule has 2 aromatic rings. The molecular formula is C15H17ClN2O2. The van der Waals surface area contributed by atoms with Gasteiger partial charge < -0.3 is 14.8 Å². The van der Waals surface area contributed by atoms with E-state index in [-0.39, 0.29) is 0 Å². The SMILES string of the molecule is CCOc1cc(CNc2cccnc2Cl)ccc1OC. The normalized spacial score (nSPS) is 10.2. The van der Waals surface area contributed by atoms with Crippen molar-refractivity contribution >= 4 is 17.3 Å². The third-order valence-electron chi connectivity index (χ3n) is 2.77. The van der Waals surface area contributed by atoms with Gasteiger partial charge in [0.25, 0.3) is 0 Å². The van der Waals surface area contributed by atoms with Gasteiger partial charge in [-0.1, -0.05) is 17.7 Å². The standard InChI is InChI=1S/C15H17ClN2O2/c1-3-20-14-9-11(6-7-13(14)19-2)10-18-12-5-4-8-17-15(12)16/h4-9,18H,3,10H2,1-2H3. The van der Waals surface area contributed by atoms with E-state index in [9.17, 15) is 0 Å². The molecular weight excluding hydrogens is 276 g/mol. The second-order valence-corrected chi connectivity index (χ2v) is 4.47. The first kappa shape index (κ1) is 14.5. The van der Waals surface area contributed by atoms with E-state index >= 15 is 0 Å². The van der Waals surface area contributed by atoms with Gasteiger partial charge in [0.15, 0.2) is 16.7 Å². The molecule has 4 nitrogen and oxygen atoms in total. The van der Waals surface area contributed by atoms with Crippen LogP contribution in [0.5, 0.6) is 11.5 Å². The maximum absolute atomic E-state index is 6.00. The molecule has 0 radical (unpaired) electrons. The number of benzene rings is 1. The number of pyridine rings is 1. The Morgan fingerprint density at radius 2 is 2.10 bits per heavy atom. The zero-order chi connectivity index (χ0) is 14.4. The first-order chi connectivity index (χ1) is 9.74. The van der Waals surface area contributed by atoms with Crippen molar-refractivity contribution in [2.24, 2.45) is 0 Å². The Morgan fingerprint density at radius 1 is 1.25 bits per heavy atom. The van der Waals surface area contributed by atoms with Gasteiger partial charge in [0, 0.05) is 12.7 Å². The van der Waals surface area contributed by atoms with Gasteiger partial charge in [0.2, 0.25) is 0 Å². The molecule has 20 heavy (non-hydrogen) atoms. The number of hydrogen-bond acceptors (Lipinski definition) is 4. The smallest absolute Gasteiger partial charge is 0.161 e. The van der Waals surface area contributed by atoms with Gasteiger partial charge in [0.05, 0.1) is 19.4 Å². The third-order valence-corrected chi connectivity index (χ3v) is 3.07. The summed E-state index contributed by atoms with van der Waals surface area (Å²) in [5.74, 6) is 1.47. The van der Waals surface area contributed by atoms with Crippen LogP contribution in [0.15, 0.2) is 36.5 Å². The van der Waals surface area contributed by atoms with E-state index in [2.05, 4.69) is 10.3 Å². The highest BCUT2D eigenvalue weighted by atomic mass is 35.5. The molecule has 0 aliphatic carbocycles. The van der Waals surface area contributed by atoms with Crippen molar-refractivity contribution in [1.29, 1.82) is 0 Å². The Kier molecular flexibility index (Phi) is 5.07. The molecule has 0 unspecified atom stereocenters. The molecule has 1 aromatic carbocycles. The molecule has 0 bridgehead atoms. The van der Waals surface area contributed by atoms with Gasteiger partial charge in [-0.25, -0.2) is 4.98 Å². The van der Waals surface area contributed by atoms with Crippen molar-refractivity contribution in [1.82, 2.24) is 4.98 Å². The van der Waals surface area contributed by atoms with Crippen LogP contribution < -0.4 is 14.8 Å². The minimum atomic E-state index is 0.464. The fraction of sp³-hybridized carbons (Fsp3) is 0.267. The summed E-state index contributed by atoms with van der Waals surface area (Å²) in [6.07, 6.45) is 1.66. The average Bonchev–Trinajstić information content (AvgIpc) is 2.47. The molecule has 0 saturated heterocycles. The second kappa shape index (κ2) is 7.01. The summed E-state index contributed by atoms with van der Waals surface area (Å²) in [6, 6.07) is 9.57. The number of rotatable bonds is 6. The average molecular weight is 293 g/mol. The molecule has 0 spiro atoms. The van der Waals surface area contributed by atoms with Gasteiger partial charge in [-0.15, -0.1) is 0 Å². The minimum absolute atomic E-state index is 0.464. The minimum Gasteiger partial charge on any atom is -0.493 e. The topological polar surface area (TPSA) is 43.4 Å². The monoisotopic (exact) mass is 292 g/mol. The van der Waals surface area contributed by atoms with Crippen molar-refractivity contribution < 1.29 is 9.47 Å². The number of aromatic nitrogens is 1. The van der Waals surface area contributed by atoms with Gasteiger partial charge in [-0.2, -0.15) is 0 Å². The van der Waals surface area contributed by atoms with Crippen LogP contribution in [0.1, 0.15) is 12.5 Å². The van der Waals surface area contributed by atoms with Crippen molar-refractivity contribution in [3.8, 4) is 11.5 Å². The summed E-state index contributed by atoms with van der Waals surface area (Å²) in [6.45, 7) is 3.18. The van der Waals surface area contributed by atoms with E-state index < -0.39 is 0 Å². The second-order valence-electron chi connectivity index (χ2n) is 4.11. The highest BCUT2D eigenvalue weighted by Gasteiger charge is 2.06. The van der Waals surface area contributed by atoms with Crippen LogP contribution in [-0.4, -0.2) is 18.7 Å². The number of hydrogen-bond donors (Lipinski definition) is 1. The van der Waals surface area contributed by atoms with Gasteiger partial charge in [0.1, 0.15) is 0 Å². The maximum Gasteiger partial charge on any atom is 0.161 e. The van der Waals surface area contributed by atoms with Crippen LogP contribution in [0, 0.1) is 0 Å². The molecule has 0 atom stereocenters. The summed E-state index contributed by atoms with van der Waals surface area (Å²) in [7, 11) is 1.63. The van der Waals surface area contributed by atoms with Gasteiger partial charge >= 0.3 is 0 Å². The zero-order valence-electron chi connectivity index (χ0n) is 11.5. The van der Waals surface area contributed by atoms with Gasteiger partial charge in [-0.3, -0.25) is 0 Å². The van der Waals surface area contributed by atoms with E-state index in [1.54, 1.807) is 13.3 Å². The lowest BCUT2D eigenvalue weighted by Gasteiger charge is -2.12. The summed E-state index contributed by atoms with van der Waals surface area (Å²) < 4.78 is 10.8. The maximum atomic E-state index is 6.00. The summed E-state index contributed by atoms with van der Waals surface area (Å²) in [5.41, 5.74) is 1.89. The molecule has 0 aliphatic heterocycles. The number of anilines is 1. The Balaban J connectivity index is 2.10. The highest BCUT2D eigenvalue weighted by Crippen LogP contribution is 2.28. The number of halogens is 1. The first-order valence-electron chi connectivity index (χ1n) is 6.38. The molecule has 106 valence electrons. The fourth-order valence-electron chi connectivity index (χ4n) is 1.81. The molecule has 5 heteroatoms. The Labute approximate surface area is 123 Å². The number of nitrogens with one attached hydrogen (secondary N) is 1. The predicted octanol–water partition coefficient (Wildman–Crippen LogP) is 3.75. The fourth-order valence-corrected chi connectivity index (χ4v) is 2.00. The van der Waals surface area contributed by atoms with Crippen LogP contribution >= 0.6 is 11.6 Å². The molecule has 1 aromatic heterocycles. The molecule has 0 fully saturated rings. The number of nitrogens with zero attached hydrogens (tertiary/aromatic N) is 1. The van der Waals surface area contributed by atoms with E-state index in [0.717, 1.165) is 22.7 Å². The zero-order valence-corrected chi connectivity index (χ0v) is 12.3. The van der Waals surface area contributed by atoms with E-state index in [1.165, 1.54) is 0 Å². The lowest BCUT2D eigenvalue weighted by Crippen LogP contribution is -2.02. The van der Waals surface area contributed by atoms with Crippen LogP contribution in [0.3, 0.4) is 0 Å². The molecule has 1 N–H and O–H groups in total. The number of methoxy groups -OCH3 is 1. The van der Waals surface area contributed by atoms with Gasteiger partial charge in [-0.05, 0) is 36.8 Å². The Hall–Kier alpha value is -1.94. The van der Waals surface area contributed by atoms with E-state index in [0.29, 0.717) is 18.3 Å². The van der Waals surface area contributed by atoms with Crippen LogP contribution in [0.2, 0.25) is 5.15 Å². The highest BCUT2D eigenvalue weighted by molar-refractivity contribution is 6.31. The van der Waals surface area contributed by atoms with Crippen LogP contribution in [-0.2, 0) is 6.54 Å². The van der Waals surface area contributed by atoms with Crippen LogP contribution in [0.25, 0.3) is 0 Å². The lowest BCUT2D eigenvalue weighted by molar-refractivity contribution is 0.310. The van der Waals surface area contributed by atoms with Crippen molar-refractivity contribution in [3.05, 3.63) is 47.2 Å². The van der Waals surface area contributed by atoms with Crippen molar-refractivity contribution in [2.75, 3.05) is 19.0 Å². The summed E-state index contributed by atoms with van der Waals surface area (Å²) >= 11 is 6.00. The number of ether oxygens (including phenoxy) is 2. The Bertz CT molecular complexity index is 576. The van der Waals surface area contributed by atoms with Crippen molar-refractivity contribution in [2.45, 2.75) is 13.5 Å². The third kappa shape index (κ3) is 3.54. The molecule has 1 heterocycles. The van der Waals surface area contributed by atoms with E-state index in [1.807, 2.05) is 37.3 Å². The summed E-state index contributed by atoms with van der Waals surface area (Å²) in [4.78, 5) is 4.02. The summed E-state index contributed by atoms with van der Waals surface area (Å²) in [5, 5.41) is 3.71. The molecule has 2 rings (SSSR count). The Morgan fingerprint density at radius 3 is 2.80 bits per heavy atom. The predicted molar refractivity (Wildman–Crippen MR) is 80.7 cm³/mol. The lowest BCUT2D eigenvalue weighted by atomic mass is 10.2. The van der Waals surface area contributed by atoms with E-state index in [4.69, 9.17) is 21.1 Å². The van der Waals surface area contributed by atoms with Crippen LogP contribution in [0.4, 0.5) is 5.69 Å². The largest absolute Gasteiger partial charge is 0.493 e. The molecule has 0 saturated carbocycles.